The van der Waals surface area contributed by atoms with Crippen molar-refractivity contribution in [2.24, 2.45) is 0 Å². The second-order valence-corrected chi connectivity index (χ2v) is 10.1. The molecule has 5 rings (SSSR count). The fourth-order valence-electron chi connectivity index (χ4n) is 4.87. The van der Waals surface area contributed by atoms with Gasteiger partial charge in [-0.15, -0.1) is 0 Å². The van der Waals surface area contributed by atoms with Crippen molar-refractivity contribution in [2.45, 2.75) is 49.3 Å². The van der Waals surface area contributed by atoms with Gasteiger partial charge in [-0.3, -0.25) is 4.90 Å². The molecule has 0 bridgehead atoms. The molecule has 2 aliphatic heterocycles. The van der Waals surface area contributed by atoms with Crippen LogP contribution in [0.5, 0.6) is 0 Å². The zero-order chi connectivity index (χ0) is 20.2. The van der Waals surface area contributed by atoms with E-state index in [9.17, 15) is 13.2 Å². The molecule has 2 aromatic rings. The maximum absolute atomic E-state index is 13.0. The number of amides is 1. The summed E-state index contributed by atoms with van der Waals surface area (Å²) < 4.78 is 33.1. The van der Waals surface area contributed by atoms with E-state index in [1.165, 1.54) is 9.87 Å². The van der Waals surface area contributed by atoms with Crippen LogP contribution in [0.25, 0.3) is 0 Å². The summed E-state index contributed by atoms with van der Waals surface area (Å²) in [4.78, 5) is 14.8. The molecule has 0 N–H and O–H groups in total. The normalized spacial score (nSPS) is 25.0. The van der Waals surface area contributed by atoms with Crippen molar-refractivity contribution in [1.29, 1.82) is 0 Å². The minimum atomic E-state index is -3.51. The molecule has 3 aliphatic rings. The fraction of sp³-hybridized carbons (Fsp3) is 0.409. The Hall–Kier alpha value is -2.38. The number of nitrogens with zero attached hydrogens (tertiary/aromatic N) is 2. The largest absolute Gasteiger partial charge is 0.443 e. The molecule has 2 heterocycles. The van der Waals surface area contributed by atoms with Gasteiger partial charge in [0.15, 0.2) is 0 Å². The average molecular weight is 413 g/mol. The molecule has 0 aromatic heterocycles. The first-order chi connectivity index (χ1) is 13.9. The lowest BCUT2D eigenvalue weighted by Crippen LogP contribution is -2.47. The Bertz CT molecular complexity index is 1040. The van der Waals surface area contributed by atoms with Gasteiger partial charge in [-0.2, -0.15) is 4.31 Å². The van der Waals surface area contributed by atoms with Crippen LogP contribution in [0.3, 0.4) is 0 Å². The van der Waals surface area contributed by atoms with Gasteiger partial charge in [0, 0.05) is 25.6 Å². The molecule has 7 heteroatoms. The number of benzene rings is 2. The quantitative estimate of drug-likeness (QED) is 0.776. The second kappa shape index (κ2) is 6.85. The van der Waals surface area contributed by atoms with E-state index in [0.717, 1.165) is 17.5 Å². The van der Waals surface area contributed by atoms with Crippen molar-refractivity contribution >= 4 is 16.1 Å². The third-order valence-corrected chi connectivity index (χ3v) is 8.30. The smallest absolute Gasteiger partial charge is 0.411 e. The number of fused-ring (bicyclic) bond motifs is 3. The molecule has 0 radical (unpaired) electrons. The highest BCUT2D eigenvalue weighted by molar-refractivity contribution is 7.89. The van der Waals surface area contributed by atoms with Gasteiger partial charge in [-0.1, -0.05) is 42.0 Å². The van der Waals surface area contributed by atoms with Gasteiger partial charge in [0.2, 0.25) is 10.0 Å². The predicted molar refractivity (Wildman–Crippen MR) is 108 cm³/mol. The average Bonchev–Trinajstić information content (AvgIpc) is 3.22. The van der Waals surface area contributed by atoms with Crippen LogP contribution < -0.4 is 0 Å². The van der Waals surface area contributed by atoms with Gasteiger partial charge in [-0.05, 0) is 43.0 Å². The Morgan fingerprint density at radius 2 is 1.69 bits per heavy atom. The Labute approximate surface area is 171 Å². The number of carbonyl (C=O) groups is 1. The molecular formula is C22H24N2O4S. The second-order valence-electron chi connectivity index (χ2n) is 8.13. The molecule has 1 aliphatic carbocycles. The van der Waals surface area contributed by atoms with E-state index >= 15 is 0 Å². The lowest BCUT2D eigenvalue weighted by Gasteiger charge is -2.37. The third-order valence-electron chi connectivity index (χ3n) is 6.39. The minimum Gasteiger partial charge on any atom is -0.443 e. The molecule has 6 nitrogen and oxygen atoms in total. The van der Waals surface area contributed by atoms with Crippen LogP contribution in [0.1, 0.15) is 35.6 Å². The molecule has 0 spiro atoms. The number of ether oxygens (including phenoxy) is 1. The van der Waals surface area contributed by atoms with E-state index in [2.05, 4.69) is 12.1 Å². The summed E-state index contributed by atoms with van der Waals surface area (Å²) in [7, 11) is -3.51. The summed E-state index contributed by atoms with van der Waals surface area (Å²) in [5.74, 6) is 0. The first-order valence-electron chi connectivity index (χ1n) is 10.1. The topological polar surface area (TPSA) is 66.9 Å². The maximum atomic E-state index is 13.0. The van der Waals surface area contributed by atoms with Crippen LogP contribution in [0.4, 0.5) is 4.79 Å². The Morgan fingerprint density at radius 1 is 1.00 bits per heavy atom. The predicted octanol–water partition coefficient (Wildman–Crippen LogP) is 3.27. The number of hydrogen-bond acceptors (Lipinski definition) is 4. The van der Waals surface area contributed by atoms with Crippen molar-refractivity contribution in [2.75, 3.05) is 13.1 Å². The highest BCUT2D eigenvalue weighted by Crippen LogP contribution is 2.44. The van der Waals surface area contributed by atoms with Crippen LogP contribution in [-0.4, -0.2) is 49.0 Å². The first kappa shape index (κ1) is 18.6. The van der Waals surface area contributed by atoms with Gasteiger partial charge in [-0.25, -0.2) is 13.2 Å². The van der Waals surface area contributed by atoms with Gasteiger partial charge in [0.25, 0.3) is 0 Å². The van der Waals surface area contributed by atoms with E-state index in [1.54, 1.807) is 12.1 Å². The van der Waals surface area contributed by atoms with E-state index in [0.29, 0.717) is 30.8 Å². The highest BCUT2D eigenvalue weighted by Gasteiger charge is 2.50. The van der Waals surface area contributed by atoms with Gasteiger partial charge in [0.05, 0.1) is 10.9 Å². The number of carbonyl (C=O) groups excluding carboxylic acids is 1. The van der Waals surface area contributed by atoms with Crippen LogP contribution in [0.15, 0.2) is 53.4 Å². The number of rotatable bonds is 3. The SMILES string of the molecule is Cc1ccc(S(=O)(=O)N2CCC(N3C(=O)OC4Cc5ccccc5C43)CC2)cc1. The lowest BCUT2D eigenvalue weighted by atomic mass is 10.00. The first-order valence-corrected chi connectivity index (χ1v) is 11.5. The van der Waals surface area contributed by atoms with Crippen LogP contribution in [-0.2, 0) is 21.2 Å². The summed E-state index contributed by atoms with van der Waals surface area (Å²) in [6.45, 7) is 2.75. The molecular weight excluding hydrogens is 388 g/mol. The molecule has 2 saturated heterocycles. The molecule has 2 aromatic carbocycles. The number of aryl methyl sites for hydroxylation is 1. The number of piperidine rings is 1. The van der Waals surface area contributed by atoms with Crippen LogP contribution >= 0.6 is 0 Å². The van der Waals surface area contributed by atoms with Gasteiger partial charge in [0.1, 0.15) is 6.10 Å². The third kappa shape index (κ3) is 3.04. The van der Waals surface area contributed by atoms with Crippen molar-refractivity contribution in [3.63, 3.8) is 0 Å². The standard InChI is InChI=1S/C22H24N2O4S/c1-15-6-8-18(9-7-15)29(26,27)23-12-10-17(11-13-23)24-21-19-5-3-2-4-16(19)14-20(21)28-22(24)25/h2-9,17,20-21H,10-14H2,1H3. The summed E-state index contributed by atoms with van der Waals surface area (Å²) in [5, 5.41) is 0. The minimum absolute atomic E-state index is 0.00637. The zero-order valence-corrected chi connectivity index (χ0v) is 17.1. The lowest BCUT2D eigenvalue weighted by molar-refractivity contribution is 0.119. The molecule has 2 fully saturated rings. The maximum Gasteiger partial charge on any atom is 0.411 e. The summed E-state index contributed by atoms with van der Waals surface area (Å²) >= 11 is 0. The van der Waals surface area contributed by atoms with E-state index in [-0.39, 0.29) is 24.3 Å². The monoisotopic (exact) mass is 412 g/mol. The van der Waals surface area contributed by atoms with Crippen molar-refractivity contribution < 1.29 is 17.9 Å². The van der Waals surface area contributed by atoms with E-state index in [1.807, 2.05) is 36.1 Å². The molecule has 152 valence electrons. The molecule has 1 amide bonds. The Balaban J connectivity index is 1.33. The van der Waals surface area contributed by atoms with Gasteiger partial charge < -0.3 is 4.74 Å². The highest BCUT2D eigenvalue weighted by atomic mass is 32.2. The summed E-state index contributed by atoms with van der Waals surface area (Å²) in [6, 6.07) is 15.1. The zero-order valence-electron chi connectivity index (χ0n) is 16.3. The van der Waals surface area contributed by atoms with Gasteiger partial charge >= 0.3 is 6.09 Å². The molecule has 2 atom stereocenters. The van der Waals surface area contributed by atoms with Crippen LogP contribution in [0.2, 0.25) is 0 Å². The molecule has 0 saturated carbocycles. The van der Waals surface area contributed by atoms with E-state index in [4.69, 9.17) is 4.74 Å². The van der Waals surface area contributed by atoms with Crippen molar-refractivity contribution in [3.8, 4) is 0 Å². The Kier molecular flexibility index (Phi) is 4.40. The fourth-order valence-corrected chi connectivity index (χ4v) is 6.34. The van der Waals surface area contributed by atoms with Crippen molar-refractivity contribution in [1.82, 2.24) is 9.21 Å². The van der Waals surface area contributed by atoms with E-state index < -0.39 is 10.0 Å². The number of hydrogen-bond donors (Lipinski definition) is 0. The molecule has 29 heavy (non-hydrogen) atoms. The Morgan fingerprint density at radius 3 is 2.41 bits per heavy atom. The summed E-state index contributed by atoms with van der Waals surface area (Å²) in [5.41, 5.74) is 3.43. The van der Waals surface area contributed by atoms with Crippen LogP contribution in [0, 0.1) is 6.92 Å². The van der Waals surface area contributed by atoms with Crippen molar-refractivity contribution in [3.05, 3.63) is 65.2 Å². The summed E-state index contributed by atoms with van der Waals surface area (Å²) in [6.07, 6.45) is 1.59. The molecule has 2 unspecified atom stereocenters. The number of sulfonamides is 1.